The van der Waals surface area contributed by atoms with Crippen LogP contribution in [-0.4, -0.2) is 27.2 Å². The summed E-state index contributed by atoms with van der Waals surface area (Å²) >= 11 is 0. The number of Topliss-reactive ketones (excluding diaryl/α,β-unsaturated/α-hetero) is 1. The quantitative estimate of drug-likeness (QED) is 0.765. The van der Waals surface area contributed by atoms with Crippen LogP contribution in [0.15, 0.2) is 0 Å². The maximum Gasteiger partial charge on any atom is 0.135 e. The van der Waals surface area contributed by atoms with Gasteiger partial charge in [-0.25, -0.2) is 0 Å². The number of hydrogen-bond donors (Lipinski definition) is 2. The molecule has 6 rings (SSSR count). The minimum atomic E-state index is -0.791. The van der Waals surface area contributed by atoms with E-state index < -0.39 is 11.2 Å². The largest absolute Gasteiger partial charge is 0.389 e. The van der Waals surface area contributed by atoms with E-state index in [1.165, 1.54) is 0 Å². The van der Waals surface area contributed by atoms with Gasteiger partial charge in [-0.15, -0.1) is 0 Å². The lowest BCUT2D eigenvalue weighted by molar-refractivity contribution is -0.223. The summed E-state index contributed by atoms with van der Waals surface area (Å²) in [5, 5.41) is 32.7. The molecule has 152 valence electrons. The molecule has 0 radical (unpaired) electrons. The van der Waals surface area contributed by atoms with Crippen molar-refractivity contribution in [3.05, 3.63) is 0 Å². The average molecular weight is 384 g/mol. The van der Waals surface area contributed by atoms with Crippen molar-refractivity contribution in [2.75, 3.05) is 0 Å². The maximum absolute atomic E-state index is 12.2. The number of fused-ring (bicyclic) bond motifs is 10. The van der Waals surface area contributed by atoms with E-state index in [0.717, 1.165) is 32.1 Å². The van der Waals surface area contributed by atoms with E-state index in [9.17, 15) is 15.0 Å². The molecule has 6 aliphatic carbocycles. The summed E-state index contributed by atoms with van der Waals surface area (Å²) in [7, 11) is 0. The number of aliphatic hydroxyl groups is 2. The van der Waals surface area contributed by atoms with Crippen molar-refractivity contribution < 1.29 is 15.0 Å². The van der Waals surface area contributed by atoms with Gasteiger partial charge in [-0.3, -0.25) is 4.79 Å². The zero-order valence-corrected chi connectivity index (χ0v) is 17.2. The van der Waals surface area contributed by atoms with Gasteiger partial charge in [0.15, 0.2) is 0 Å². The van der Waals surface area contributed by atoms with Crippen LogP contribution in [-0.2, 0) is 4.79 Å². The van der Waals surface area contributed by atoms with E-state index >= 15 is 0 Å². The monoisotopic (exact) mass is 383 g/mol. The molecule has 4 nitrogen and oxygen atoms in total. The SMILES string of the molecule is C[C@]12CCC3C(C4CC4[C@]4(O)CC(=O)CC[C@]34C)C1C1CC1[C@@]2(O)CCC#N. The zero-order chi connectivity index (χ0) is 19.7. The lowest BCUT2D eigenvalue weighted by Gasteiger charge is -2.64. The molecule has 0 heterocycles. The first-order valence-corrected chi connectivity index (χ1v) is 11.5. The summed E-state index contributed by atoms with van der Waals surface area (Å²) in [6, 6.07) is 2.27. The molecular formula is C24H33NO3. The number of nitrogens with zero attached hydrogens (tertiary/aromatic N) is 1. The van der Waals surface area contributed by atoms with Crippen LogP contribution in [0.3, 0.4) is 0 Å². The van der Waals surface area contributed by atoms with Crippen molar-refractivity contribution >= 4 is 5.78 Å². The standard InChI is InChI=1S/C24H33NO3/c1-21-7-4-13(26)12-24(21,28)17-10-14(17)19-16(21)5-8-22(2)20(19)15-11-18(15)23(22,27)6-3-9-25/h14-20,27-28H,3-8,10-12H2,1-2H3/t14?,15?,16?,17?,18?,19?,20?,21-,22+,23+,24-/m1/s1. The van der Waals surface area contributed by atoms with Crippen molar-refractivity contribution in [2.45, 2.75) is 82.8 Å². The molecule has 28 heavy (non-hydrogen) atoms. The third kappa shape index (κ3) is 1.75. The number of carbonyl (C=O) groups excluding carboxylic acids is 1. The highest BCUT2D eigenvalue weighted by Crippen LogP contribution is 2.81. The first-order valence-electron chi connectivity index (χ1n) is 11.5. The number of ketones is 1. The van der Waals surface area contributed by atoms with E-state index in [0.29, 0.717) is 61.2 Å². The highest BCUT2D eigenvalue weighted by molar-refractivity contribution is 5.81. The van der Waals surface area contributed by atoms with Gasteiger partial charge in [0.1, 0.15) is 5.78 Å². The highest BCUT2D eigenvalue weighted by atomic mass is 16.3. The Labute approximate surface area is 167 Å². The maximum atomic E-state index is 12.2. The van der Waals surface area contributed by atoms with Crippen molar-refractivity contribution in [1.82, 2.24) is 0 Å². The molecule has 6 fully saturated rings. The van der Waals surface area contributed by atoms with Gasteiger partial charge in [0.05, 0.1) is 17.3 Å². The predicted octanol–water partition coefficient (Wildman–Crippen LogP) is 3.46. The molecule has 0 amide bonds. The minimum absolute atomic E-state index is 0.0813. The van der Waals surface area contributed by atoms with Gasteiger partial charge in [-0.1, -0.05) is 13.8 Å². The zero-order valence-electron chi connectivity index (χ0n) is 17.2. The van der Waals surface area contributed by atoms with E-state index in [4.69, 9.17) is 5.26 Å². The van der Waals surface area contributed by atoms with Gasteiger partial charge in [0, 0.05) is 30.1 Å². The van der Waals surface area contributed by atoms with Crippen molar-refractivity contribution in [3.63, 3.8) is 0 Å². The van der Waals surface area contributed by atoms with Crippen LogP contribution in [0.25, 0.3) is 0 Å². The van der Waals surface area contributed by atoms with Crippen LogP contribution in [0.5, 0.6) is 0 Å². The minimum Gasteiger partial charge on any atom is -0.389 e. The molecule has 2 N–H and O–H groups in total. The van der Waals surface area contributed by atoms with Crippen molar-refractivity contribution in [2.24, 2.45) is 52.3 Å². The second-order valence-corrected chi connectivity index (χ2v) is 11.8. The first kappa shape index (κ1) is 17.9. The van der Waals surface area contributed by atoms with Crippen LogP contribution in [0.4, 0.5) is 0 Å². The molecule has 0 aliphatic heterocycles. The molecule has 0 spiro atoms. The Hall–Kier alpha value is -0.920. The van der Waals surface area contributed by atoms with E-state index in [1.54, 1.807) is 0 Å². The van der Waals surface area contributed by atoms with Crippen LogP contribution in [0.2, 0.25) is 0 Å². The Morgan fingerprint density at radius 3 is 2.57 bits per heavy atom. The lowest BCUT2D eigenvalue weighted by Crippen LogP contribution is -2.65. The Bertz CT molecular complexity index is 804. The molecule has 11 atom stereocenters. The highest BCUT2D eigenvalue weighted by Gasteiger charge is 2.81. The first-order chi connectivity index (χ1) is 13.2. The van der Waals surface area contributed by atoms with Crippen LogP contribution < -0.4 is 0 Å². The fraction of sp³-hybridized carbons (Fsp3) is 0.917. The average Bonchev–Trinajstić information content (AvgIpc) is 3.54. The fourth-order valence-electron chi connectivity index (χ4n) is 9.82. The van der Waals surface area contributed by atoms with E-state index in [1.807, 2.05) is 0 Å². The van der Waals surface area contributed by atoms with E-state index in [-0.39, 0.29) is 22.5 Å². The summed E-state index contributed by atoms with van der Waals surface area (Å²) in [6.07, 6.45) is 7.16. The van der Waals surface area contributed by atoms with Gasteiger partial charge in [0.2, 0.25) is 0 Å². The van der Waals surface area contributed by atoms with Gasteiger partial charge >= 0.3 is 0 Å². The lowest BCUT2D eigenvalue weighted by atomic mass is 9.42. The summed E-state index contributed by atoms with van der Waals surface area (Å²) in [4.78, 5) is 12.2. The molecule has 6 saturated carbocycles. The van der Waals surface area contributed by atoms with E-state index in [2.05, 4.69) is 19.9 Å². The molecule has 7 unspecified atom stereocenters. The molecule has 0 aromatic rings. The molecule has 4 heteroatoms. The Kier molecular flexibility index (Phi) is 3.22. The molecule has 0 aromatic heterocycles. The molecule has 6 aliphatic rings. The summed E-state index contributed by atoms with van der Waals surface area (Å²) in [5.74, 6) is 3.68. The van der Waals surface area contributed by atoms with Crippen molar-refractivity contribution in [1.29, 1.82) is 5.26 Å². The second-order valence-electron chi connectivity index (χ2n) is 11.8. The summed E-state index contributed by atoms with van der Waals surface area (Å²) in [5.41, 5.74) is -1.70. The second kappa shape index (κ2) is 5.03. The number of nitriles is 1. The number of rotatable bonds is 2. The third-order valence-corrected chi connectivity index (χ3v) is 11.3. The van der Waals surface area contributed by atoms with Gasteiger partial charge in [-0.05, 0) is 80.0 Å². The molecule has 0 saturated heterocycles. The molecule has 0 bridgehead atoms. The fourth-order valence-corrected chi connectivity index (χ4v) is 9.82. The summed E-state index contributed by atoms with van der Waals surface area (Å²) < 4.78 is 0. The van der Waals surface area contributed by atoms with Crippen LogP contribution in [0.1, 0.15) is 71.6 Å². The van der Waals surface area contributed by atoms with Gasteiger partial charge in [0.25, 0.3) is 0 Å². The van der Waals surface area contributed by atoms with Crippen LogP contribution >= 0.6 is 0 Å². The summed E-state index contributed by atoms with van der Waals surface area (Å²) in [6.45, 7) is 4.61. The Morgan fingerprint density at radius 1 is 1.07 bits per heavy atom. The normalized spacial score (nSPS) is 63.2. The number of hydrogen-bond acceptors (Lipinski definition) is 4. The molecule has 0 aromatic carbocycles. The van der Waals surface area contributed by atoms with Crippen LogP contribution in [0, 0.1) is 63.6 Å². The Balaban J connectivity index is 1.40. The van der Waals surface area contributed by atoms with Crippen molar-refractivity contribution in [3.8, 4) is 6.07 Å². The smallest absolute Gasteiger partial charge is 0.135 e. The number of carbonyl (C=O) groups is 1. The van der Waals surface area contributed by atoms with Gasteiger partial charge in [-0.2, -0.15) is 5.26 Å². The Morgan fingerprint density at radius 2 is 1.82 bits per heavy atom. The topological polar surface area (TPSA) is 81.3 Å². The predicted molar refractivity (Wildman–Crippen MR) is 103 cm³/mol. The third-order valence-electron chi connectivity index (χ3n) is 11.3. The molecular weight excluding hydrogens is 350 g/mol. The van der Waals surface area contributed by atoms with Gasteiger partial charge < -0.3 is 10.2 Å².